The maximum atomic E-state index is 5.30. The molecule has 4 heteroatoms. The van der Waals surface area contributed by atoms with E-state index in [9.17, 15) is 0 Å². The number of nitrogens with zero attached hydrogens (tertiary/aromatic N) is 1. The molecule has 1 saturated carbocycles. The molecule has 1 fully saturated rings. The largest absolute Gasteiger partial charge is 0.358 e. The Morgan fingerprint density at radius 1 is 1.26 bits per heavy atom. The summed E-state index contributed by atoms with van der Waals surface area (Å²) in [5, 5.41) is 8.34. The fraction of sp³-hybridized carbons (Fsp3) is 0.733. The summed E-state index contributed by atoms with van der Waals surface area (Å²) < 4.78 is 0. The van der Waals surface area contributed by atoms with Crippen LogP contribution in [-0.4, -0.2) is 17.4 Å². The van der Waals surface area contributed by atoms with Crippen molar-refractivity contribution in [1.82, 2.24) is 10.7 Å². The quantitative estimate of drug-likeness (QED) is 0.360. The van der Waals surface area contributed by atoms with Gasteiger partial charge in [-0.15, -0.1) is 0 Å². The van der Waals surface area contributed by atoms with Gasteiger partial charge in [0.05, 0.1) is 0 Å². The first-order valence-corrected chi connectivity index (χ1v) is 7.91. The molecule has 19 heavy (non-hydrogen) atoms. The molecule has 3 atom stereocenters. The molecule has 0 amide bonds. The number of nitrogens with one attached hydrogen (secondary N) is 2. The van der Waals surface area contributed by atoms with Gasteiger partial charge in [0.2, 0.25) is 0 Å². The predicted molar refractivity (Wildman–Crippen MR) is 85.3 cm³/mol. The molecule has 2 rings (SSSR count). The SMILES string of the molecule is C[C@@H]1CCCC[C@H]1NC(=S)N/N=C\[C@H]1CC=CCC1. The summed E-state index contributed by atoms with van der Waals surface area (Å²) in [6.07, 6.45) is 15.1. The van der Waals surface area contributed by atoms with Crippen molar-refractivity contribution in [2.24, 2.45) is 16.9 Å². The van der Waals surface area contributed by atoms with E-state index in [-0.39, 0.29) is 0 Å². The van der Waals surface area contributed by atoms with Crippen LogP contribution in [0.25, 0.3) is 0 Å². The number of hydrogen-bond donors (Lipinski definition) is 2. The van der Waals surface area contributed by atoms with Crippen LogP contribution >= 0.6 is 12.2 Å². The summed E-state index contributed by atoms with van der Waals surface area (Å²) in [5.74, 6) is 1.27. The van der Waals surface area contributed by atoms with Crippen molar-refractivity contribution in [1.29, 1.82) is 0 Å². The van der Waals surface area contributed by atoms with Crippen molar-refractivity contribution >= 4 is 23.5 Å². The lowest BCUT2D eigenvalue weighted by atomic mass is 9.86. The van der Waals surface area contributed by atoms with Crippen LogP contribution in [0.5, 0.6) is 0 Å². The molecule has 2 N–H and O–H groups in total. The molecule has 0 aliphatic heterocycles. The molecule has 3 nitrogen and oxygen atoms in total. The number of allylic oxidation sites excluding steroid dienone is 2. The zero-order valence-corrected chi connectivity index (χ0v) is 12.6. The van der Waals surface area contributed by atoms with E-state index in [1.807, 2.05) is 6.21 Å². The summed E-state index contributed by atoms with van der Waals surface area (Å²) in [4.78, 5) is 0. The summed E-state index contributed by atoms with van der Waals surface area (Å²) in [5.41, 5.74) is 2.96. The molecule has 2 aliphatic carbocycles. The van der Waals surface area contributed by atoms with Crippen LogP contribution in [0.1, 0.15) is 51.9 Å². The van der Waals surface area contributed by atoms with Crippen LogP contribution < -0.4 is 10.7 Å². The minimum absolute atomic E-state index is 0.515. The summed E-state index contributed by atoms with van der Waals surface area (Å²) in [7, 11) is 0. The second kappa shape index (κ2) is 7.63. The Bertz CT molecular complexity index is 351. The molecule has 0 aromatic carbocycles. The Hall–Kier alpha value is -0.900. The van der Waals surface area contributed by atoms with E-state index in [2.05, 4.69) is 34.9 Å². The van der Waals surface area contributed by atoms with Crippen LogP contribution in [0, 0.1) is 11.8 Å². The minimum Gasteiger partial charge on any atom is -0.358 e. The molecule has 0 bridgehead atoms. The molecular formula is C15H25N3S. The Morgan fingerprint density at radius 2 is 2.11 bits per heavy atom. The Labute approximate surface area is 121 Å². The number of thiocarbonyl (C=S) groups is 1. The van der Waals surface area contributed by atoms with Crippen molar-refractivity contribution in [3.8, 4) is 0 Å². The molecule has 106 valence electrons. The number of hydrogen-bond acceptors (Lipinski definition) is 2. The third kappa shape index (κ3) is 4.94. The van der Waals surface area contributed by atoms with Crippen LogP contribution in [0.2, 0.25) is 0 Å². The topological polar surface area (TPSA) is 36.4 Å². The highest BCUT2D eigenvalue weighted by atomic mass is 32.1. The third-order valence-corrected chi connectivity index (χ3v) is 4.40. The van der Waals surface area contributed by atoms with Gasteiger partial charge >= 0.3 is 0 Å². The molecule has 0 heterocycles. The van der Waals surface area contributed by atoms with Crippen molar-refractivity contribution in [3.05, 3.63) is 12.2 Å². The molecule has 0 aromatic heterocycles. The van der Waals surface area contributed by atoms with Gasteiger partial charge in [0.25, 0.3) is 0 Å². The van der Waals surface area contributed by atoms with Gasteiger partial charge in [0.15, 0.2) is 5.11 Å². The number of hydrazone groups is 1. The first-order valence-electron chi connectivity index (χ1n) is 7.50. The van der Waals surface area contributed by atoms with Gasteiger partial charge in [0.1, 0.15) is 0 Å². The van der Waals surface area contributed by atoms with Crippen LogP contribution in [0.3, 0.4) is 0 Å². The summed E-state index contributed by atoms with van der Waals surface area (Å²) in [6.45, 7) is 2.30. The molecule has 2 aliphatic rings. The highest BCUT2D eigenvalue weighted by Gasteiger charge is 2.21. The van der Waals surface area contributed by atoms with Gasteiger partial charge < -0.3 is 5.32 Å². The van der Waals surface area contributed by atoms with Crippen LogP contribution in [0.4, 0.5) is 0 Å². The zero-order valence-electron chi connectivity index (χ0n) is 11.8. The Morgan fingerprint density at radius 3 is 2.84 bits per heavy atom. The van der Waals surface area contributed by atoms with Gasteiger partial charge in [-0.25, -0.2) is 0 Å². The van der Waals surface area contributed by atoms with Gasteiger partial charge in [-0.1, -0.05) is 31.9 Å². The molecule has 0 saturated heterocycles. The molecule has 0 unspecified atom stereocenters. The second-order valence-corrected chi connectivity index (χ2v) is 6.18. The monoisotopic (exact) mass is 279 g/mol. The van der Waals surface area contributed by atoms with E-state index in [1.54, 1.807) is 0 Å². The maximum absolute atomic E-state index is 5.30. The molecule has 0 aromatic rings. The average Bonchev–Trinajstić information content (AvgIpc) is 2.43. The normalized spacial score (nSPS) is 31.3. The van der Waals surface area contributed by atoms with Crippen molar-refractivity contribution in [3.63, 3.8) is 0 Å². The van der Waals surface area contributed by atoms with Crippen molar-refractivity contribution in [2.45, 2.75) is 57.9 Å². The first kappa shape index (κ1) is 14.5. The standard InChI is InChI=1S/C15H25N3S/c1-12-7-5-6-10-14(12)17-15(19)18-16-11-13-8-3-2-4-9-13/h2-3,11-14H,4-10H2,1H3,(H2,17,18,19)/b16-11-/t12-,13+,14-/m1/s1. The molecule has 0 radical (unpaired) electrons. The van der Waals surface area contributed by atoms with E-state index < -0.39 is 0 Å². The Kier molecular flexibility index (Phi) is 5.83. The molecule has 0 spiro atoms. The first-order chi connectivity index (χ1) is 9.25. The number of rotatable bonds is 3. The minimum atomic E-state index is 0.515. The van der Waals surface area contributed by atoms with E-state index in [4.69, 9.17) is 12.2 Å². The van der Waals surface area contributed by atoms with Gasteiger partial charge in [-0.3, -0.25) is 5.43 Å². The van der Waals surface area contributed by atoms with Gasteiger partial charge in [-0.2, -0.15) is 5.10 Å². The van der Waals surface area contributed by atoms with E-state index in [0.29, 0.717) is 23.0 Å². The van der Waals surface area contributed by atoms with E-state index >= 15 is 0 Å². The summed E-state index contributed by atoms with van der Waals surface area (Å²) in [6, 6.07) is 0.515. The lowest BCUT2D eigenvalue weighted by Crippen LogP contribution is -2.44. The van der Waals surface area contributed by atoms with Crippen LogP contribution in [0.15, 0.2) is 17.3 Å². The van der Waals surface area contributed by atoms with Crippen molar-refractivity contribution in [2.75, 3.05) is 0 Å². The van der Waals surface area contributed by atoms with Crippen LogP contribution in [-0.2, 0) is 0 Å². The second-order valence-electron chi connectivity index (χ2n) is 5.78. The zero-order chi connectivity index (χ0) is 13.5. The smallest absolute Gasteiger partial charge is 0.187 e. The van der Waals surface area contributed by atoms with Gasteiger partial charge in [-0.05, 0) is 56.2 Å². The highest BCUT2D eigenvalue weighted by Crippen LogP contribution is 2.23. The average molecular weight is 279 g/mol. The maximum Gasteiger partial charge on any atom is 0.187 e. The fourth-order valence-corrected chi connectivity index (χ4v) is 3.09. The lowest BCUT2D eigenvalue weighted by molar-refractivity contribution is 0.308. The fourth-order valence-electron chi connectivity index (χ4n) is 2.89. The van der Waals surface area contributed by atoms with E-state index in [1.165, 1.54) is 38.5 Å². The molecular weight excluding hydrogens is 254 g/mol. The predicted octanol–water partition coefficient (Wildman–Crippen LogP) is 3.37. The van der Waals surface area contributed by atoms with Gasteiger partial charge in [0, 0.05) is 12.3 Å². The lowest BCUT2D eigenvalue weighted by Gasteiger charge is -2.30. The third-order valence-electron chi connectivity index (χ3n) is 4.19. The summed E-state index contributed by atoms with van der Waals surface area (Å²) >= 11 is 5.30. The van der Waals surface area contributed by atoms with E-state index in [0.717, 1.165) is 6.42 Å². The van der Waals surface area contributed by atoms with Crippen molar-refractivity contribution < 1.29 is 0 Å². The highest BCUT2D eigenvalue weighted by molar-refractivity contribution is 7.80. The Balaban J connectivity index is 1.68.